The molecule has 0 amide bonds. The fourth-order valence-electron chi connectivity index (χ4n) is 8.79. The SMILES string of the molecule is CCCCCCCCCCCCCCCCCCCCCCCCCCCCOCC(COC1OC(CO)C(O)C(O)C1O)OC(=O)CCCCCCCCCCCCCCC. The van der Waals surface area contributed by atoms with Crippen LogP contribution in [0.25, 0.3) is 0 Å². The molecule has 0 aliphatic carbocycles. The summed E-state index contributed by atoms with van der Waals surface area (Å²) in [5, 5.41) is 40.2. The second kappa shape index (κ2) is 45.4. The van der Waals surface area contributed by atoms with Crippen molar-refractivity contribution in [3.05, 3.63) is 0 Å². The number of hydrogen-bond acceptors (Lipinski definition) is 9. The summed E-state index contributed by atoms with van der Waals surface area (Å²) in [4.78, 5) is 12.8. The Balaban J connectivity index is 2.10. The minimum Gasteiger partial charge on any atom is -0.457 e. The first-order valence-electron chi connectivity index (χ1n) is 27.1. The van der Waals surface area contributed by atoms with Gasteiger partial charge in [-0.25, -0.2) is 0 Å². The van der Waals surface area contributed by atoms with Crippen LogP contribution >= 0.6 is 0 Å². The predicted molar refractivity (Wildman–Crippen MR) is 256 cm³/mol. The van der Waals surface area contributed by atoms with Gasteiger partial charge in [0.05, 0.1) is 19.8 Å². The minimum absolute atomic E-state index is 0.105. The summed E-state index contributed by atoms with van der Waals surface area (Å²) in [5.41, 5.74) is 0. The molecule has 0 bridgehead atoms. The Labute approximate surface area is 383 Å². The van der Waals surface area contributed by atoms with Crippen molar-refractivity contribution >= 4 is 5.97 Å². The summed E-state index contributed by atoms with van der Waals surface area (Å²) in [6, 6.07) is 0. The minimum atomic E-state index is -1.53. The van der Waals surface area contributed by atoms with E-state index in [0.717, 1.165) is 32.1 Å². The van der Waals surface area contributed by atoms with Crippen molar-refractivity contribution in [3.63, 3.8) is 0 Å². The molecular weight excluding hydrogens is 781 g/mol. The molecule has 6 unspecified atom stereocenters. The molecule has 1 rings (SSSR count). The maximum Gasteiger partial charge on any atom is 0.306 e. The summed E-state index contributed by atoms with van der Waals surface area (Å²) in [6.07, 6.45) is 44.4. The molecule has 1 heterocycles. The van der Waals surface area contributed by atoms with Crippen LogP contribution in [-0.4, -0.2) is 89.6 Å². The Hall–Kier alpha value is -0.810. The zero-order valence-corrected chi connectivity index (χ0v) is 40.9. The molecule has 1 aliphatic heterocycles. The van der Waals surface area contributed by atoms with E-state index in [0.29, 0.717) is 13.0 Å². The van der Waals surface area contributed by atoms with Gasteiger partial charge in [-0.15, -0.1) is 0 Å². The molecule has 0 aromatic heterocycles. The molecule has 6 atom stereocenters. The van der Waals surface area contributed by atoms with Crippen LogP contribution in [0.2, 0.25) is 0 Å². The zero-order chi connectivity index (χ0) is 45.0. The predicted octanol–water partition coefficient (Wildman–Crippen LogP) is 13.4. The Morgan fingerprint density at radius 2 is 0.790 bits per heavy atom. The fourth-order valence-corrected chi connectivity index (χ4v) is 8.79. The highest BCUT2D eigenvalue weighted by Gasteiger charge is 2.44. The van der Waals surface area contributed by atoms with Crippen LogP contribution in [-0.2, 0) is 23.7 Å². The molecule has 0 saturated carbocycles. The molecule has 1 saturated heterocycles. The maximum absolute atomic E-state index is 12.8. The molecule has 0 aromatic carbocycles. The van der Waals surface area contributed by atoms with Crippen molar-refractivity contribution < 1.29 is 44.2 Å². The van der Waals surface area contributed by atoms with E-state index in [9.17, 15) is 25.2 Å². The Bertz CT molecular complexity index is 920. The lowest BCUT2D eigenvalue weighted by Crippen LogP contribution is -2.59. The summed E-state index contributed by atoms with van der Waals surface area (Å²) >= 11 is 0. The van der Waals surface area contributed by atoms with Crippen LogP contribution in [0, 0.1) is 0 Å². The molecule has 370 valence electrons. The first-order chi connectivity index (χ1) is 30.4. The summed E-state index contributed by atoms with van der Waals surface area (Å²) < 4.78 is 22.9. The number of esters is 1. The Morgan fingerprint density at radius 1 is 0.452 bits per heavy atom. The van der Waals surface area contributed by atoms with E-state index in [2.05, 4.69) is 13.8 Å². The lowest BCUT2D eigenvalue weighted by Gasteiger charge is -2.39. The number of aliphatic hydroxyl groups is 4. The number of carbonyl (C=O) groups is 1. The Kier molecular flexibility index (Phi) is 43.3. The van der Waals surface area contributed by atoms with E-state index < -0.39 is 43.4 Å². The molecule has 1 aliphatic rings. The van der Waals surface area contributed by atoms with Crippen molar-refractivity contribution in [2.75, 3.05) is 26.4 Å². The van der Waals surface area contributed by atoms with Crippen molar-refractivity contribution in [1.29, 1.82) is 0 Å². The molecular formula is C53H104O9. The van der Waals surface area contributed by atoms with Crippen LogP contribution < -0.4 is 0 Å². The van der Waals surface area contributed by atoms with Gasteiger partial charge in [0.2, 0.25) is 0 Å². The van der Waals surface area contributed by atoms with Gasteiger partial charge >= 0.3 is 5.97 Å². The van der Waals surface area contributed by atoms with E-state index in [1.165, 1.54) is 218 Å². The average Bonchev–Trinajstić information content (AvgIpc) is 3.27. The molecule has 9 heteroatoms. The largest absolute Gasteiger partial charge is 0.457 e. The Morgan fingerprint density at radius 3 is 1.15 bits per heavy atom. The highest BCUT2D eigenvalue weighted by atomic mass is 16.7. The van der Waals surface area contributed by atoms with Crippen molar-refractivity contribution in [2.45, 2.75) is 307 Å². The van der Waals surface area contributed by atoms with Gasteiger partial charge < -0.3 is 39.4 Å². The summed E-state index contributed by atoms with van der Waals surface area (Å²) in [7, 11) is 0. The van der Waals surface area contributed by atoms with Gasteiger partial charge in [0.1, 0.15) is 30.5 Å². The van der Waals surface area contributed by atoms with Gasteiger partial charge in [-0.1, -0.05) is 251 Å². The van der Waals surface area contributed by atoms with E-state index in [4.69, 9.17) is 18.9 Å². The lowest BCUT2D eigenvalue weighted by atomic mass is 9.99. The van der Waals surface area contributed by atoms with Crippen LogP contribution in [0.4, 0.5) is 0 Å². The smallest absolute Gasteiger partial charge is 0.306 e. The fraction of sp³-hybridized carbons (Fsp3) is 0.981. The number of hydrogen-bond donors (Lipinski definition) is 4. The molecule has 0 aromatic rings. The first kappa shape index (κ1) is 59.2. The van der Waals surface area contributed by atoms with Gasteiger partial charge in [0.15, 0.2) is 6.29 Å². The number of aliphatic hydroxyl groups excluding tert-OH is 4. The monoisotopic (exact) mass is 885 g/mol. The van der Waals surface area contributed by atoms with Crippen LogP contribution in [0.1, 0.15) is 271 Å². The van der Waals surface area contributed by atoms with E-state index in [1.54, 1.807) is 0 Å². The molecule has 1 fully saturated rings. The quantitative estimate of drug-likeness (QED) is 0.0348. The highest BCUT2D eigenvalue weighted by molar-refractivity contribution is 5.69. The van der Waals surface area contributed by atoms with Crippen LogP contribution in [0.3, 0.4) is 0 Å². The van der Waals surface area contributed by atoms with Crippen molar-refractivity contribution in [1.82, 2.24) is 0 Å². The normalized spacial score (nSPS) is 19.6. The van der Waals surface area contributed by atoms with Gasteiger partial charge in [0, 0.05) is 13.0 Å². The number of carbonyl (C=O) groups excluding carboxylic acids is 1. The van der Waals surface area contributed by atoms with E-state index in [1.807, 2.05) is 0 Å². The molecule has 0 spiro atoms. The lowest BCUT2D eigenvalue weighted by molar-refractivity contribution is -0.305. The maximum atomic E-state index is 12.8. The molecule has 0 radical (unpaired) electrons. The van der Waals surface area contributed by atoms with E-state index >= 15 is 0 Å². The van der Waals surface area contributed by atoms with Crippen LogP contribution in [0.5, 0.6) is 0 Å². The molecule has 9 nitrogen and oxygen atoms in total. The van der Waals surface area contributed by atoms with Gasteiger partial charge in [-0.2, -0.15) is 0 Å². The topological polar surface area (TPSA) is 135 Å². The third kappa shape index (κ3) is 35.5. The molecule has 4 N–H and O–H groups in total. The summed E-state index contributed by atoms with van der Waals surface area (Å²) in [6.45, 7) is 4.62. The number of rotatable bonds is 48. The van der Waals surface area contributed by atoms with Crippen molar-refractivity contribution in [3.8, 4) is 0 Å². The van der Waals surface area contributed by atoms with E-state index in [-0.39, 0.29) is 19.2 Å². The van der Waals surface area contributed by atoms with Gasteiger partial charge in [-0.3, -0.25) is 4.79 Å². The third-order valence-corrected chi connectivity index (χ3v) is 13.0. The summed E-state index contributed by atoms with van der Waals surface area (Å²) in [5.74, 6) is -0.306. The third-order valence-electron chi connectivity index (χ3n) is 13.0. The van der Waals surface area contributed by atoms with Gasteiger partial charge in [0.25, 0.3) is 0 Å². The first-order valence-corrected chi connectivity index (χ1v) is 27.1. The van der Waals surface area contributed by atoms with Crippen LogP contribution in [0.15, 0.2) is 0 Å². The van der Waals surface area contributed by atoms with Crippen molar-refractivity contribution in [2.24, 2.45) is 0 Å². The number of unbranched alkanes of at least 4 members (excludes halogenated alkanes) is 37. The second-order valence-electron chi connectivity index (χ2n) is 19.0. The standard InChI is InChI=1S/C53H104O9/c1-3-5-7-9-11-13-15-17-18-19-20-21-22-23-24-25-26-27-28-29-31-33-35-37-39-41-43-59-45-47(46-60-53-52(58)51(57)50(56)48(44-54)62-53)61-49(55)42-40-38-36-34-32-30-16-14-12-10-8-6-4-2/h47-48,50-54,56-58H,3-46H2,1-2H3. The highest BCUT2D eigenvalue weighted by Crippen LogP contribution is 2.23. The molecule has 62 heavy (non-hydrogen) atoms. The number of ether oxygens (including phenoxy) is 4. The zero-order valence-electron chi connectivity index (χ0n) is 40.9. The average molecular weight is 885 g/mol. The van der Waals surface area contributed by atoms with Gasteiger partial charge in [-0.05, 0) is 12.8 Å². The second-order valence-corrected chi connectivity index (χ2v) is 19.0.